The monoisotopic (exact) mass is 242 g/mol. The van der Waals surface area contributed by atoms with Gasteiger partial charge in [0.05, 0.1) is 11.9 Å². The van der Waals surface area contributed by atoms with Crippen LogP contribution in [0.3, 0.4) is 0 Å². The number of aryl methyl sites for hydroxylation is 2. The Balaban J connectivity index is 2.37. The van der Waals surface area contributed by atoms with Gasteiger partial charge in [0.15, 0.2) is 5.82 Å². The molecule has 2 rings (SSSR count). The first-order valence-corrected chi connectivity index (χ1v) is 5.94. The van der Waals surface area contributed by atoms with E-state index in [1.807, 2.05) is 11.9 Å². The van der Waals surface area contributed by atoms with Crippen molar-refractivity contribution in [1.29, 1.82) is 0 Å². The van der Waals surface area contributed by atoms with E-state index in [-0.39, 0.29) is 0 Å². The number of nitrogens with two attached hydrogens (primary N) is 1. The molecule has 0 bridgehead atoms. The molecule has 2 aromatic rings. The standard InChI is InChI=1S/C14H18N4/c1-10-4-5-13(11(2)6-10)18(3)14-9-16-8-12(7-15)17-14/h4-6,8-9H,7,15H2,1-3H3. The number of aromatic nitrogens is 2. The zero-order valence-electron chi connectivity index (χ0n) is 11.0. The molecule has 1 aromatic carbocycles. The van der Waals surface area contributed by atoms with Gasteiger partial charge in [-0.15, -0.1) is 0 Å². The number of benzene rings is 1. The van der Waals surface area contributed by atoms with Crippen LogP contribution in [0, 0.1) is 13.8 Å². The van der Waals surface area contributed by atoms with Crippen LogP contribution in [0.25, 0.3) is 0 Å². The maximum Gasteiger partial charge on any atom is 0.151 e. The van der Waals surface area contributed by atoms with E-state index in [0.717, 1.165) is 17.2 Å². The van der Waals surface area contributed by atoms with Gasteiger partial charge in [-0.1, -0.05) is 17.7 Å². The van der Waals surface area contributed by atoms with E-state index in [4.69, 9.17) is 5.73 Å². The fourth-order valence-electron chi connectivity index (χ4n) is 1.96. The summed E-state index contributed by atoms with van der Waals surface area (Å²) in [5.74, 6) is 0.810. The van der Waals surface area contributed by atoms with E-state index in [9.17, 15) is 0 Å². The largest absolute Gasteiger partial charge is 0.328 e. The average Bonchev–Trinajstić information content (AvgIpc) is 2.38. The van der Waals surface area contributed by atoms with E-state index in [1.54, 1.807) is 12.4 Å². The highest BCUT2D eigenvalue weighted by molar-refractivity contribution is 5.62. The summed E-state index contributed by atoms with van der Waals surface area (Å²) in [5.41, 5.74) is 9.99. The van der Waals surface area contributed by atoms with Gasteiger partial charge in [0.25, 0.3) is 0 Å². The molecule has 1 aromatic heterocycles. The molecule has 0 atom stereocenters. The predicted octanol–water partition coefficient (Wildman–Crippen LogP) is 2.32. The molecule has 1 heterocycles. The van der Waals surface area contributed by atoms with E-state index >= 15 is 0 Å². The molecular weight excluding hydrogens is 224 g/mol. The number of hydrogen-bond donors (Lipinski definition) is 1. The van der Waals surface area contributed by atoms with Gasteiger partial charge in [0.1, 0.15) is 0 Å². The zero-order chi connectivity index (χ0) is 13.1. The van der Waals surface area contributed by atoms with Crippen LogP contribution in [-0.2, 0) is 6.54 Å². The maximum atomic E-state index is 5.59. The first-order chi connectivity index (χ1) is 8.61. The minimum Gasteiger partial charge on any atom is -0.328 e. The van der Waals surface area contributed by atoms with Crippen molar-refractivity contribution < 1.29 is 0 Å². The SMILES string of the molecule is Cc1ccc(N(C)c2cncc(CN)n2)c(C)c1. The molecule has 4 heteroatoms. The summed E-state index contributed by atoms with van der Waals surface area (Å²) in [7, 11) is 1.99. The Bertz CT molecular complexity index is 551. The van der Waals surface area contributed by atoms with Crippen LogP contribution in [0.15, 0.2) is 30.6 Å². The molecule has 0 aliphatic heterocycles. The van der Waals surface area contributed by atoms with Crippen molar-refractivity contribution in [2.45, 2.75) is 20.4 Å². The van der Waals surface area contributed by atoms with Crippen LogP contribution in [0.4, 0.5) is 11.5 Å². The first kappa shape index (κ1) is 12.5. The van der Waals surface area contributed by atoms with Gasteiger partial charge in [-0.05, 0) is 25.5 Å². The van der Waals surface area contributed by atoms with Gasteiger partial charge in [-0.3, -0.25) is 4.98 Å². The highest BCUT2D eigenvalue weighted by Gasteiger charge is 2.09. The van der Waals surface area contributed by atoms with Crippen molar-refractivity contribution in [1.82, 2.24) is 9.97 Å². The molecule has 0 saturated carbocycles. The summed E-state index contributed by atoms with van der Waals surface area (Å²) in [4.78, 5) is 10.7. The summed E-state index contributed by atoms with van der Waals surface area (Å²) < 4.78 is 0. The van der Waals surface area contributed by atoms with Crippen molar-refractivity contribution in [3.63, 3.8) is 0 Å². The molecule has 0 fully saturated rings. The van der Waals surface area contributed by atoms with E-state index < -0.39 is 0 Å². The van der Waals surface area contributed by atoms with Crippen LogP contribution in [0.2, 0.25) is 0 Å². The number of rotatable bonds is 3. The maximum absolute atomic E-state index is 5.59. The normalized spacial score (nSPS) is 10.4. The van der Waals surface area contributed by atoms with Gasteiger partial charge in [0, 0.05) is 25.5 Å². The molecule has 0 aliphatic rings. The third-order valence-corrected chi connectivity index (χ3v) is 2.94. The minimum absolute atomic E-state index is 0.404. The number of nitrogens with zero attached hydrogens (tertiary/aromatic N) is 3. The zero-order valence-corrected chi connectivity index (χ0v) is 11.0. The van der Waals surface area contributed by atoms with Gasteiger partial charge in [0.2, 0.25) is 0 Å². The molecular formula is C14H18N4. The highest BCUT2D eigenvalue weighted by Crippen LogP contribution is 2.25. The Hall–Kier alpha value is -1.94. The van der Waals surface area contributed by atoms with Crippen LogP contribution >= 0.6 is 0 Å². The van der Waals surface area contributed by atoms with Crippen LogP contribution in [-0.4, -0.2) is 17.0 Å². The first-order valence-electron chi connectivity index (χ1n) is 5.94. The van der Waals surface area contributed by atoms with E-state index in [1.165, 1.54) is 11.1 Å². The summed E-state index contributed by atoms with van der Waals surface area (Å²) in [6.45, 7) is 4.59. The Morgan fingerprint density at radius 2 is 2.00 bits per heavy atom. The Morgan fingerprint density at radius 3 is 2.67 bits per heavy atom. The Labute approximate surface area is 107 Å². The lowest BCUT2D eigenvalue weighted by molar-refractivity contribution is 0.945. The van der Waals surface area contributed by atoms with Crippen molar-refractivity contribution in [3.05, 3.63) is 47.4 Å². The van der Waals surface area contributed by atoms with Gasteiger partial charge in [-0.25, -0.2) is 4.98 Å². The highest BCUT2D eigenvalue weighted by atomic mass is 15.2. The van der Waals surface area contributed by atoms with Gasteiger partial charge in [-0.2, -0.15) is 0 Å². The second-order valence-electron chi connectivity index (χ2n) is 4.42. The van der Waals surface area contributed by atoms with Crippen molar-refractivity contribution in [3.8, 4) is 0 Å². The van der Waals surface area contributed by atoms with Gasteiger partial charge >= 0.3 is 0 Å². The van der Waals surface area contributed by atoms with Crippen LogP contribution in [0.5, 0.6) is 0 Å². The number of hydrogen-bond acceptors (Lipinski definition) is 4. The number of anilines is 2. The molecule has 0 amide bonds. The van der Waals surface area contributed by atoms with Gasteiger partial charge < -0.3 is 10.6 Å². The summed E-state index contributed by atoms with van der Waals surface area (Å²) in [6.07, 6.45) is 3.44. The second kappa shape index (κ2) is 5.14. The fourth-order valence-corrected chi connectivity index (χ4v) is 1.96. The predicted molar refractivity (Wildman–Crippen MR) is 73.9 cm³/mol. The van der Waals surface area contributed by atoms with Crippen LogP contribution in [0.1, 0.15) is 16.8 Å². The molecule has 0 radical (unpaired) electrons. The molecule has 0 saturated heterocycles. The summed E-state index contributed by atoms with van der Waals surface area (Å²) in [6, 6.07) is 6.35. The van der Waals surface area contributed by atoms with Crippen molar-refractivity contribution >= 4 is 11.5 Å². The third-order valence-electron chi connectivity index (χ3n) is 2.94. The second-order valence-corrected chi connectivity index (χ2v) is 4.42. The molecule has 0 aliphatic carbocycles. The quantitative estimate of drug-likeness (QED) is 0.897. The smallest absolute Gasteiger partial charge is 0.151 e. The van der Waals surface area contributed by atoms with Crippen LogP contribution < -0.4 is 10.6 Å². The lowest BCUT2D eigenvalue weighted by atomic mass is 10.1. The van der Waals surface area contributed by atoms with E-state index in [0.29, 0.717) is 6.54 Å². The average molecular weight is 242 g/mol. The molecule has 94 valence electrons. The molecule has 2 N–H and O–H groups in total. The third kappa shape index (κ3) is 2.49. The lowest BCUT2D eigenvalue weighted by Crippen LogP contribution is -2.14. The molecule has 0 spiro atoms. The van der Waals surface area contributed by atoms with E-state index in [2.05, 4.69) is 42.0 Å². The molecule has 0 unspecified atom stereocenters. The lowest BCUT2D eigenvalue weighted by Gasteiger charge is -2.20. The fraction of sp³-hybridized carbons (Fsp3) is 0.286. The topological polar surface area (TPSA) is 55.0 Å². The minimum atomic E-state index is 0.404. The Morgan fingerprint density at radius 1 is 1.22 bits per heavy atom. The molecule has 18 heavy (non-hydrogen) atoms. The summed E-state index contributed by atoms with van der Waals surface area (Å²) >= 11 is 0. The summed E-state index contributed by atoms with van der Waals surface area (Å²) in [5, 5.41) is 0. The van der Waals surface area contributed by atoms with Crippen molar-refractivity contribution in [2.24, 2.45) is 5.73 Å². The molecule has 4 nitrogen and oxygen atoms in total. The Kier molecular flexibility index (Phi) is 3.58. The van der Waals surface area contributed by atoms with Crippen molar-refractivity contribution in [2.75, 3.05) is 11.9 Å².